The summed E-state index contributed by atoms with van der Waals surface area (Å²) < 4.78 is 0.912. The lowest BCUT2D eigenvalue weighted by Gasteiger charge is -2.42. The van der Waals surface area contributed by atoms with Crippen LogP contribution in [0.3, 0.4) is 0 Å². The van der Waals surface area contributed by atoms with Gasteiger partial charge in [-0.3, -0.25) is 4.79 Å². The van der Waals surface area contributed by atoms with E-state index in [0.717, 1.165) is 36.2 Å². The molecule has 3 rings (SSSR count). The third-order valence-electron chi connectivity index (χ3n) is 4.07. The van der Waals surface area contributed by atoms with E-state index in [2.05, 4.69) is 41.4 Å². The Hall–Kier alpha value is -1.37. The molecule has 20 heavy (non-hydrogen) atoms. The quantitative estimate of drug-likeness (QED) is 0.851. The molecule has 1 amide bonds. The van der Waals surface area contributed by atoms with Crippen LogP contribution in [0.2, 0.25) is 0 Å². The van der Waals surface area contributed by atoms with E-state index in [1.165, 1.54) is 0 Å². The number of fused-ring (bicyclic) bond motifs is 1. The van der Waals surface area contributed by atoms with Crippen LogP contribution in [0.1, 0.15) is 19.3 Å². The molecule has 2 saturated heterocycles. The summed E-state index contributed by atoms with van der Waals surface area (Å²) in [7, 11) is 1.82. The molecule has 2 N–H and O–H groups in total. The molecular weight excluding hydrogens is 322 g/mol. The van der Waals surface area contributed by atoms with Crippen LogP contribution in [0.25, 0.3) is 0 Å². The Morgan fingerprint density at radius 1 is 1.50 bits per heavy atom. The second-order valence-corrected chi connectivity index (χ2v) is 6.18. The Morgan fingerprint density at radius 3 is 3.15 bits per heavy atom. The van der Waals surface area contributed by atoms with Crippen LogP contribution in [0.15, 0.2) is 10.7 Å². The largest absolute Gasteiger partial charge is 0.357 e. The van der Waals surface area contributed by atoms with Gasteiger partial charge in [-0.25, -0.2) is 4.98 Å². The third-order valence-corrected chi connectivity index (χ3v) is 4.63. The molecule has 0 bridgehead atoms. The van der Waals surface area contributed by atoms with Crippen LogP contribution in [-0.2, 0) is 4.79 Å². The molecule has 0 saturated carbocycles. The average Bonchev–Trinajstić information content (AvgIpc) is 2.47. The Morgan fingerprint density at radius 2 is 2.35 bits per heavy atom. The van der Waals surface area contributed by atoms with Gasteiger partial charge in [0.15, 0.2) is 0 Å². The molecule has 1 aromatic heterocycles. The molecule has 2 unspecified atom stereocenters. The Kier molecular flexibility index (Phi) is 3.78. The molecule has 2 atom stereocenters. The van der Waals surface area contributed by atoms with Crippen molar-refractivity contribution in [3.63, 3.8) is 0 Å². The van der Waals surface area contributed by atoms with E-state index in [4.69, 9.17) is 0 Å². The van der Waals surface area contributed by atoms with Crippen molar-refractivity contribution in [3.8, 4) is 0 Å². The molecule has 2 aliphatic rings. The van der Waals surface area contributed by atoms with Gasteiger partial charge in [-0.15, -0.1) is 0 Å². The third kappa shape index (κ3) is 2.59. The highest BCUT2D eigenvalue weighted by Gasteiger charge is 2.34. The lowest BCUT2D eigenvalue weighted by molar-refractivity contribution is -0.124. The fourth-order valence-electron chi connectivity index (χ4n) is 3.00. The number of rotatable bonds is 2. The van der Waals surface area contributed by atoms with Gasteiger partial charge in [-0.05, 0) is 34.7 Å². The summed E-state index contributed by atoms with van der Waals surface area (Å²) in [5.74, 6) is 2.27. The number of halogens is 1. The van der Waals surface area contributed by atoms with Crippen LogP contribution >= 0.6 is 15.9 Å². The first kappa shape index (κ1) is 13.6. The first-order chi connectivity index (χ1) is 9.67. The van der Waals surface area contributed by atoms with Crippen LogP contribution in [0.5, 0.6) is 0 Å². The molecular formula is C13H18BrN5O. The number of carbonyl (C=O) groups excluding carboxylic acids is 1. The number of amides is 1. The summed E-state index contributed by atoms with van der Waals surface area (Å²) in [6.45, 7) is 1.84. The Labute approximate surface area is 126 Å². The molecule has 7 heteroatoms. The lowest BCUT2D eigenvalue weighted by atomic mass is 9.85. The van der Waals surface area contributed by atoms with Crippen molar-refractivity contribution in [1.29, 1.82) is 0 Å². The van der Waals surface area contributed by atoms with Gasteiger partial charge in [0.2, 0.25) is 11.9 Å². The molecule has 0 spiro atoms. The van der Waals surface area contributed by atoms with Gasteiger partial charge in [-0.1, -0.05) is 0 Å². The molecule has 2 aliphatic heterocycles. The van der Waals surface area contributed by atoms with E-state index in [1.54, 1.807) is 6.20 Å². The van der Waals surface area contributed by atoms with Crippen molar-refractivity contribution in [3.05, 3.63) is 10.7 Å². The van der Waals surface area contributed by atoms with Crippen LogP contribution in [0, 0.1) is 5.92 Å². The van der Waals surface area contributed by atoms with Gasteiger partial charge in [-0.2, -0.15) is 4.98 Å². The number of piperidine rings is 2. The van der Waals surface area contributed by atoms with Crippen molar-refractivity contribution in [2.45, 2.75) is 25.3 Å². The monoisotopic (exact) mass is 339 g/mol. The van der Waals surface area contributed by atoms with E-state index >= 15 is 0 Å². The van der Waals surface area contributed by atoms with Crippen molar-refractivity contribution >= 4 is 33.6 Å². The Balaban J connectivity index is 1.77. The van der Waals surface area contributed by atoms with E-state index in [0.29, 0.717) is 24.3 Å². The maximum Gasteiger partial charge on any atom is 0.224 e. The topological polar surface area (TPSA) is 70.2 Å². The minimum Gasteiger partial charge on any atom is -0.357 e. The number of hydrogen-bond acceptors (Lipinski definition) is 5. The molecule has 6 nitrogen and oxygen atoms in total. The summed E-state index contributed by atoms with van der Waals surface area (Å²) in [6, 6.07) is 0.330. The highest BCUT2D eigenvalue weighted by Crippen LogP contribution is 2.31. The van der Waals surface area contributed by atoms with Gasteiger partial charge in [0, 0.05) is 38.8 Å². The van der Waals surface area contributed by atoms with Gasteiger partial charge in [0.25, 0.3) is 0 Å². The zero-order chi connectivity index (χ0) is 14.1. The molecule has 108 valence electrons. The van der Waals surface area contributed by atoms with Gasteiger partial charge >= 0.3 is 0 Å². The summed E-state index contributed by atoms with van der Waals surface area (Å²) in [6.07, 6.45) is 4.36. The second kappa shape index (κ2) is 5.55. The standard InChI is InChI=1S/C13H18BrN5O/c1-15-13-16-6-9(14)12(18-13)19-5-4-10-8(7-19)2-3-11(20)17-10/h6,8,10H,2-5,7H2,1H3,(H,17,20)(H,15,16,18). The minimum atomic E-state index is 0.195. The SMILES string of the molecule is CNc1ncc(Br)c(N2CCC3NC(=O)CCC3C2)n1. The zero-order valence-corrected chi connectivity index (χ0v) is 13.0. The maximum atomic E-state index is 11.4. The van der Waals surface area contributed by atoms with Crippen molar-refractivity contribution in [2.24, 2.45) is 5.92 Å². The average molecular weight is 340 g/mol. The molecule has 1 aromatic rings. The minimum absolute atomic E-state index is 0.195. The number of carbonyl (C=O) groups is 1. The predicted molar refractivity (Wildman–Crippen MR) is 80.8 cm³/mol. The van der Waals surface area contributed by atoms with Crippen LogP contribution < -0.4 is 15.5 Å². The highest BCUT2D eigenvalue weighted by atomic mass is 79.9. The summed E-state index contributed by atoms with van der Waals surface area (Å²) in [5, 5.41) is 6.07. The first-order valence-electron chi connectivity index (χ1n) is 6.92. The Bertz CT molecular complexity index is 523. The fourth-order valence-corrected chi connectivity index (χ4v) is 3.44. The number of nitrogens with zero attached hydrogens (tertiary/aromatic N) is 3. The molecule has 0 aliphatic carbocycles. The second-order valence-electron chi connectivity index (χ2n) is 5.32. The van der Waals surface area contributed by atoms with E-state index in [1.807, 2.05) is 7.05 Å². The number of nitrogens with one attached hydrogen (secondary N) is 2. The molecule has 2 fully saturated rings. The van der Waals surface area contributed by atoms with E-state index in [-0.39, 0.29) is 5.91 Å². The summed E-state index contributed by atoms with van der Waals surface area (Å²) >= 11 is 3.53. The molecule has 3 heterocycles. The van der Waals surface area contributed by atoms with Crippen LogP contribution in [0.4, 0.5) is 11.8 Å². The normalized spacial score (nSPS) is 25.9. The van der Waals surface area contributed by atoms with Gasteiger partial charge in [0.1, 0.15) is 5.82 Å². The fraction of sp³-hybridized carbons (Fsp3) is 0.615. The summed E-state index contributed by atoms with van der Waals surface area (Å²) in [4.78, 5) is 22.5. The number of anilines is 2. The predicted octanol–water partition coefficient (Wildman–Crippen LogP) is 1.39. The number of aromatic nitrogens is 2. The van der Waals surface area contributed by atoms with Crippen molar-refractivity contribution < 1.29 is 4.79 Å². The molecule has 0 radical (unpaired) electrons. The smallest absolute Gasteiger partial charge is 0.224 e. The first-order valence-corrected chi connectivity index (χ1v) is 7.71. The summed E-state index contributed by atoms with van der Waals surface area (Å²) in [5.41, 5.74) is 0. The maximum absolute atomic E-state index is 11.4. The highest BCUT2D eigenvalue weighted by molar-refractivity contribution is 9.10. The molecule has 0 aromatic carbocycles. The van der Waals surface area contributed by atoms with Gasteiger partial charge < -0.3 is 15.5 Å². The van der Waals surface area contributed by atoms with E-state index in [9.17, 15) is 4.79 Å². The lowest BCUT2D eigenvalue weighted by Crippen LogP contribution is -2.54. The van der Waals surface area contributed by atoms with Gasteiger partial charge in [0.05, 0.1) is 4.47 Å². The van der Waals surface area contributed by atoms with E-state index < -0.39 is 0 Å². The van der Waals surface area contributed by atoms with Crippen LogP contribution in [-0.4, -0.2) is 42.1 Å². The van der Waals surface area contributed by atoms with Crippen molar-refractivity contribution in [1.82, 2.24) is 15.3 Å². The number of hydrogen-bond donors (Lipinski definition) is 2. The zero-order valence-electron chi connectivity index (χ0n) is 11.4. The van der Waals surface area contributed by atoms with Crippen molar-refractivity contribution in [2.75, 3.05) is 30.4 Å².